The van der Waals surface area contributed by atoms with E-state index in [2.05, 4.69) is 15.3 Å². The Bertz CT molecular complexity index is 1330. The second kappa shape index (κ2) is 10.1. The van der Waals surface area contributed by atoms with Gasteiger partial charge in [0.1, 0.15) is 11.3 Å². The van der Waals surface area contributed by atoms with E-state index in [9.17, 15) is 14.7 Å². The maximum atomic E-state index is 13.1. The van der Waals surface area contributed by atoms with Crippen LogP contribution in [0, 0.1) is 0 Å². The maximum Gasteiger partial charge on any atom is 0.336 e. The minimum absolute atomic E-state index is 0.0785. The summed E-state index contributed by atoms with van der Waals surface area (Å²) in [4.78, 5) is 32.9. The summed E-state index contributed by atoms with van der Waals surface area (Å²) in [6.07, 6.45) is 4.87. The molecule has 170 valence electrons. The molecule has 0 fully saturated rings. The van der Waals surface area contributed by atoms with Gasteiger partial charge in [0.25, 0.3) is 5.91 Å². The number of carboxylic acid groups (broad SMARTS) is 1. The van der Waals surface area contributed by atoms with E-state index in [4.69, 9.17) is 16.3 Å². The molecule has 1 amide bonds. The molecular weight excluding hydrogens is 454 g/mol. The molecule has 0 aliphatic rings. The van der Waals surface area contributed by atoms with Crippen molar-refractivity contribution in [2.75, 3.05) is 0 Å². The molecule has 34 heavy (non-hydrogen) atoms. The summed E-state index contributed by atoms with van der Waals surface area (Å²) in [7, 11) is 0. The number of ether oxygens (including phenoxy) is 1. The Morgan fingerprint density at radius 3 is 2.44 bits per heavy atom. The first-order valence-electron chi connectivity index (χ1n) is 10.4. The zero-order valence-electron chi connectivity index (χ0n) is 18.1. The van der Waals surface area contributed by atoms with Crippen LogP contribution in [0.4, 0.5) is 0 Å². The van der Waals surface area contributed by atoms with Gasteiger partial charge in [0.15, 0.2) is 0 Å². The number of aromatic carboxylic acids is 1. The Labute approximate surface area is 201 Å². The first-order chi connectivity index (χ1) is 16.4. The van der Waals surface area contributed by atoms with Gasteiger partial charge in [0.2, 0.25) is 5.88 Å². The standard InChI is InChI=1S/C26H20ClN3O4/c1-16(21-6-2-3-7-22(21)26(32)33)30-24(31)23-13-19(27)15-29-25(23)34-20-10-8-17(9-11-20)18-5-4-12-28-14-18/h2-16H,1H3,(H,30,31)(H,32,33)/t16-/m0/s1. The molecule has 2 heterocycles. The lowest BCUT2D eigenvalue weighted by Gasteiger charge is -2.17. The van der Waals surface area contributed by atoms with Gasteiger partial charge in [-0.2, -0.15) is 0 Å². The number of halogens is 1. The molecule has 0 unspecified atom stereocenters. The van der Waals surface area contributed by atoms with Crippen LogP contribution in [0.25, 0.3) is 11.1 Å². The molecule has 2 aromatic carbocycles. The van der Waals surface area contributed by atoms with Gasteiger partial charge in [0.05, 0.1) is 16.6 Å². The monoisotopic (exact) mass is 473 g/mol. The molecule has 0 aliphatic carbocycles. The number of rotatable bonds is 7. The molecule has 8 heteroatoms. The topological polar surface area (TPSA) is 101 Å². The van der Waals surface area contributed by atoms with Crippen molar-refractivity contribution >= 4 is 23.5 Å². The van der Waals surface area contributed by atoms with E-state index in [1.807, 2.05) is 24.3 Å². The lowest BCUT2D eigenvalue weighted by Crippen LogP contribution is -2.28. The summed E-state index contributed by atoms with van der Waals surface area (Å²) in [5.41, 5.74) is 2.66. The van der Waals surface area contributed by atoms with Crippen molar-refractivity contribution in [3.63, 3.8) is 0 Å². The van der Waals surface area contributed by atoms with Gasteiger partial charge in [-0.1, -0.05) is 48.0 Å². The average Bonchev–Trinajstić information content (AvgIpc) is 2.86. The lowest BCUT2D eigenvalue weighted by atomic mass is 10.0. The predicted molar refractivity (Wildman–Crippen MR) is 128 cm³/mol. The highest BCUT2D eigenvalue weighted by molar-refractivity contribution is 6.30. The van der Waals surface area contributed by atoms with Crippen molar-refractivity contribution in [2.24, 2.45) is 0 Å². The van der Waals surface area contributed by atoms with Crippen molar-refractivity contribution in [1.29, 1.82) is 0 Å². The van der Waals surface area contributed by atoms with Crippen LogP contribution in [0.1, 0.15) is 39.2 Å². The summed E-state index contributed by atoms with van der Waals surface area (Å²) in [5, 5.41) is 12.5. The number of nitrogens with zero attached hydrogens (tertiary/aromatic N) is 2. The minimum atomic E-state index is -1.07. The fourth-order valence-electron chi connectivity index (χ4n) is 3.45. The Kier molecular flexibility index (Phi) is 6.85. The highest BCUT2D eigenvalue weighted by atomic mass is 35.5. The van der Waals surface area contributed by atoms with Crippen LogP contribution >= 0.6 is 11.6 Å². The number of pyridine rings is 2. The normalized spacial score (nSPS) is 11.5. The van der Waals surface area contributed by atoms with Gasteiger partial charge in [-0.3, -0.25) is 9.78 Å². The first kappa shape index (κ1) is 22.9. The van der Waals surface area contributed by atoms with Crippen LogP contribution in [-0.2, 0) is 0 Å². The summed E-state index contributed by atoms with van der Waals surface area (Å²) in [5.74, 6) is -1.000. The zero-order valence-corrected chi connectivity index (χ0v) is 18.9. The van der Waals surface area contributed by atoms with Crippen molar-refractivity contribution in [3.05, 3.63) is 107 Å². The first-order valence-corrected chi connectivity index (χ1v) is 10.8. The number of nitrogens with one attached hydrogen (secondary N) is 1. The third kappa shape index (κ3) is 5.22. The van der Waals surface area contributed by atoms with E-state index in [0.29, 0.717) is 11.3 Å². The average molecular weight is 474 g/mol. The molecule has 0 bridgehead atoms. The zero-order chi connectivity index (χ0) is 24.1. The molecule has 4 aromatic rings. The summed E-state index contributed by atoms with van der Waals surface area (Å²) in [6.45, 7) is 1.70. The van der Waals surface area contributed by atoms with Crippen molar-refractivity contribution < 1.29 is 19.4 Å². The molecule has 0 saturated heterocycles. The molecule has 7 nitrogen and oxygen atoms in total. The Morgan fingerprint density at radius 1 is 0.971 bits per heavy atom. The summed E-state index contributed by atoms with van der Waals surface area (Å²) < 4.78 is 5.89. The molecule has 4 rings (SSSR count). The number of aromatic nitrogens is 2. The molecule has 0 saturated carbocycles. The van der Waals surface area contributed by atoms with Crippen LogP contribution in [0.3, 0.4) is 0 Å². The molecular formula is C26H20ClN3O4. The molecule has 0 aliphatic heterocycles. The molecule has 0 spiro atoms. The lowest BCUT2D eigenvalue weighted by molar-refractivity contribution is 0.0693. The van der Waals surface area contributed by atoms with E-state index in [0.717, 1.165) is 11.1 Å². The second-order valence-electron chi connectivity index (χ2n) is 7.46. The molecule has 2 aromatic heterocycles. The third-order valence-electron chi connectivity index (χ3n) is 5.13. The Balaban J connectivity index is 1.55. The van der Waals surface area contributed by atoms with Gasteiger partial charge in [-0.25, -0.2) is 9.78 Å². The largest absolute Gasteiger partial charge is 0.478 e. The minimum Gasteiger partial charge on any atom is -0.478 e. The van der Waals surface area contributed by atoms with E-state index in [1.165, 1.54) is 18.3 Å². The number of carboxylic acids is 1. The second-order valence-corrected chi connectivity index (χ2v) is 7.90. The summed E-state index contributed by atoms with van der Waals surface area (Å²) >= 11 is 6.09. The number of amides is 1. The SMILES string of the molecule is C[C@H](NC(=O)c1cc(Cl)cnc1Oc1ccc(-c2cccnc2)cc1)c1ccccc1C(=O)O. The number of carbonyl (C=O) groups is 2. The Morgan fingerprint density at radius 2 is 1.74 bits per heavy atom. The predicted octanol–water partition coefficient (Wildman–Crippen LogP) is 5.78. The van der Waals surface area contributed by atoms with Crippen molar-refractivity contribution in [1.82, 2.24) is 15.3 Å². The van der Waals surface area contributed by atoms with Crippen LogP contribution in [-0.4, -0.2) is 27.0 Å². The fourth-order valence-corrected chi connectivity index (χ4v) is 3.61. The highest BCUT2D eigenvalue weighted by Crippen LogP contribution is 2.28. The van der Waals surface area contributed by atoms with Crippen LogP contribution < -0.4 is 10.1 Å². The van der Waals surface area contributed by atoms with E-state index in [1.54, 1.807) is 49.6 Å². The van der Waals surface area contributed by atoms with Crippen molar-refractivity contribution in [2.45, 2.75) is 13.0 Å². The number of hydrogen-bond acceptors (Lipinski definition) is 5. The van der Waals surface area contributed by atoms with E-state index in [-0.39, 0.29) is 22.0 Å². The van der Waals surface area contributed by atoms with Gasteiger partial charge >= 0.3 is 5.97 Å². The molecule has 0 radical (unpaired) electrons. The van der Waals surface area contributed by atoms with E-state index < -0.39 is 17.9 Å². The van der Waals surface area contributed by atoms with Gasteiger partial charge in [0, 0.05) is 18.6 Å². The maximum absolute atomic E-state index is 13.1. The van der Waals surface area contributed by atoms with E-state index >= 15 is 0 Å². The van der Waals surface area contributed by atoms with Crippen molar-refractivity contribution in [3.8, 4) is 22.8 Å². The summed E-state index contributed by atoms with van der Waals surface area (Å²) in [6, 6.07) is 18.5. The number of benzene rings is 2. The number of carbonyl (C=O) groups excluding carboxylic acids is 1. The Hall–Kier alpha value is -4.23. The van der Waals surface area contributed by atoms with Crippen LogP contribution in [0.15, 0.2) is 85.3 Å². The van der Waals surface area contributed by atoms with Gasteiger partial charge in [-0.05, 0) is 53.9 Å². The van der Waals surface area contributed by atoms with Gasteiger partial charge in [-0.15, -0.1) is 0 Å². The quantitative estimate of drug-likeness (QED) is 0.353. The van der Waals surface area contributed by atoms with Crippen LogP contribution in [0.5, 0.6) is 11.6 Å². The molecule has 2 N–H and O–H groups in total. The number of hydrogen-bond donors (Lipinski definition) is 2. The van der Waals surface area contributed by atoms with Gasteiger partial charge < -0.3 is 15.2 Å². The smallest absolute Gasteiger partial charge is 0.336 e. The third-order valence-corrected chi connectivity index (χ3v) is 5.34. The fraction of sp³-hybridized carbons (Fsp3) is 0.0769. The van der Waals surface area contributed by atoms with Crippen LogP contribution in [0.2, 0.25) is 5.02 Å². The highest BCUT2D eigenvalue weighted by Gasteiger charge is 2.21. The molecule has 1 atom stereocenters.